The molecule has 0 aliphatic heterocycles. The third kappa shape index (κ3) is 10.5. The lowest BCUT2D eigenvalue weighted by molar-refractivity contribution is -0.152. The second kappa shape index (κ2) is 16.5. The monoisotopic (exact) mass is 498 g/mol. The molecule has 9 nitrogen and oxygen atoms in total. The number of hydrogen-bond donors (Lipinski definition) is 0. The van der Waals surface area contributed by atoms with Gasteiger partial charge in [0.2, 0.25) is 0 Å². The average Bonchev–Trinajstić information content (AvgIpc) is 2.82. The average molecular weight is 499 g/mol. The van der Waals surface area contributed by atoms with Crippen LogP contribution >= 0.6 is 0 Å². The van der Waals surface area contributed by atoms with Crippen LogP contribution in [0.3, 0.4) is 0 Å². The molecule has 0 aromatic rings. The number of esters is 4. The highest BCUT2D eigenvalue weighted by Gasteiger charge is 2.28. The normalized spacial score (nSPS) is 25.7. The van der Waals surface area contributed by atoms with Crippen molar-refractivity contribution in [3.63, 3.8) is 0 Å². The summed E-state index contributed by atoms with van der Waals surface area (Å²) in [6.45, 7) is 0.827. The lowest BCUT2D eigenvalue weighted by Gasteiger charge is -2.22. The van der Waals surface area contributed by atoms with Crippen molar-refractivity contribution in [3.8, 4) is 0 Å². The molecule has 35 heavy (non-hydrogen) atoms. The Hall–Kier alpha value is -2.16. The van der Waals surface area contributed by atoms with E-state index in [9.17, 15) is 19.2 Å². The molecule has 9 heteroatoms. The zero-order valence-electron chi connectivity index (χ0n) is 21.3. The molecule has 0 radical (unpaired) electrons. The van der Waals surface area contributed by atoms with E-state index in [2.05, 4.69) is 0 Å². The van der Waals surface area contributed by atoms with Crippen molar-refractivity contribution in [2.75, 3.05) is 40.6 Å². The molecular formula is C26H42O9. The molecule has 0 aromatic carbocycles. The van der Waals surface area contributed by atoms with Gasteiger partial charge in [-0.3, -0.25) is 19.2 Å². The largest absolute Gasteiger partial charge is 0.469 e. The predicted molar refractivity (Wildman–Crippen MR) is 126 cm³/mol. The van der Waals surface area contributed by atoms with Gasteiger partial charge < -0.3 is 23.7 Å². The summed E-state index contributed by atoms with van der Waals surface area (Å²) in [5, 5.41) is 0. The Bertz CT molecular complexity index is 602. The van der Waals surface area contributed by atoms with Crippen LogP contribution in [0.2, 0.25) is 0 Å². The summed E-state index contributed by atoms with van der Waals surface area (Å²) in [6, 6.07) is 0. The number of rotatable bonds is 10. The first kappa shape index (κ1) is 29.1. The quantitative estimate of drug-likeness (QED) is 0.253. The van der Waals surface area contributed by atoms with E-state index in [1.165, 1.54) is 14.2 Å². The Labute approximate surface area is 208 Å². The summed E-state index contributed by atoms with van der Waals surface area (Å²) in [5.41, 5.74) is 0. The Morgan fingerprint density at radius 3 is 1.06 bits per heavy atom. The lowest BCUT2D eigenvalue weighted by atomic mass is 9.86. The first-order chi connectivity index (χ1) is 17.0. The van der Waals surface area contributed by atoms with Crippen molar-refractivity contribution < 1.29 is 42.9 Å². The molecule has 0 N–H and O–H groups in total. The predicted octanol–water partition coefficient (Wildman–Crippen LogP) is 3.61. The van der Waals surface area contributed by atoms with Gasteiger partial charge in [0, 0.05) is 0 Å². The molecule has 2 saturated carbocycles. The van der Waals surface area contributed by atoms with E-state index < -0.39 is 0 Å². The van der Waals surface area contributed by atoms with Gasteiger partial charge in [-0.25, -0.2) is 0 Å². The third-order valence-electron chi connectivity index (χ3n) is 7.10. The second-order valence-corrected chi connectivity index (χ2v) is 9.50. The van der Waals surface area contributed by atoms with Gasteiger partial charge in [0.05, 0.1) is 51.1 Å². The van der Waals surface area contributed by atoms with Crippen LogP contribution in [-0.2, 0) is 42.9 Å². The summed E-state index contributed by atoms with van der Waals surface area (Å²) in [6.07, 6.45) is 9.04. The van der Waals surface area contributed by atoms with Crippen molar-refractivity contribution in [2.24, 2.45) is 23.7 Å². The van der Waals surface area contributed by atoms with Gasteiger partial charge in [0.25, 0.3) is 0 Å². The minimum absolute atomic E-state index is 0.0644. The van der Waals surface area contributed by atoms with Gasteiger partial charge in [0.1, 0.15) is 13.2 Å². The van der Waals surface area contributed by atoms with Crippen molar-refractivity contribution in [3.05, 3.63) is 0 Å². The standard InChI is InChI=1S/C26H42O9/c1-31-23(27)19-7-3-11-21(12-4-8-19)25(29)34-17-15-33-16-18-35-26(30)22-13-5-9-20(10-6-14-22)24(28)32-2/h19-22H,3-18H2,1-2H3/t19-,20-,21-,22-. The Kier molecular flexibility index (Phi) is 13.7. The van der Waals surface area contributed by atoms with Crippen LogP contribution in [0.1, 0.15) is 77.0 Å². The smallest absolute Gasteiger partial charge is 0.309 e. The Morgan fingerprint density at radius 2 is 0.771 bits per heavy atom. The van der Waals surface area contributed by atoms with Crippen LogP contribution in [-0.4, -0.2) is 64.5 Å². The minimum atomic E-state index is -0.213. The van der Waals surface area contributed by atoms with Gasteiger partial charge in [0.15, 0.2) is 0 Å². The molecule has 0 amide bonds. The van der Waals surface area contributed by atoms with Crippen molar-refractivity contribution in [1.82, 2.24) is 0 Å². The minimum Gasteiger partial charge on any atom is -0.469 e. The van der Waals surface area contributed by atoms with Gasteiger partial charge in [-0.1, -0.05) is 25.7 Å². The molecule has 0 bridgehead atoms. The molecule has 0 spiro atoms. The fraction of sp³-hybridized carbons (Fsp3) is 0.846. The molecule has 0 saturated heterocycles. The zero-order valence-corrected chi connectivity index (χ0v) is 21.3. The van der Waals surface area contributed by atoms with E-state index in [1.54, 1.807) is 0 Å². The molecule has 2 fully saturated rings. The van der Waals surface area contributed by atoms with Crippen LogP contribution in [0.15, 0.2) is 0 Å². The van der Waals surface area contributed by atoms with E-state index in [0.717, 1.165) is 51.4 Å². The second-order valence-electron chi connectivity index (χ2n) is 9.50. The Balaban J connectivity index is 1.52. The summed E-state index contributed by atoms with van der Waals surface area (Å²) >= 11 is 0. The van der Waals surface area contributed by atoms with E-state index in [4.69, 9.17) is 23.7 Å². The van der Waals surface area contributed by atoms with Gasteiger partial charge in [-0.05, 0) is 51.4 Å². The summed E-state index contributed by atoms with van der Waals surface area (Å²) in [4.78, 5) is 48.1. The van der Waals surface area contributed by atoms with Crippen molar-refractivity contribution in [1.29, 1.82) is 0 Å². The van der Waals surface area contributed by atoms with E-state index in [-0.39, 0.29) is 74.0 Å². The molecule has 2 aliphatic carbocycles. The first-order valence-electron chi connectivity index (χ1n) is 13.0. The lowest BCUT2D eigenvalue weighted by Crippen LogP contribution is -2.25. The first-order valence-corrected chi connectivity index (χ1v) is 13.0. The Morgan fingerprint density at radius 1 is 0.486 bits per heavy atom. The van der Waals surface area contributed by atoms with Crippen LogP contribution in [0, 0.1) is 23.7 Å². The highest BCUT2D eigenvalue weighted by molar-refractivity contribution is 5.74. The van der Waals surface area contributed by atoms with Crippen LogP contribution < -0.4 is 0 Å². The van der Waals surface area contributed by atoms with Gasteiger partial charge in [-0.2, -0.15) is 0 Å². The van der Waals surface area contributed by atoms with Crippen LogP contribution in [0.4, 0.5) is 0 Å². The summed E-state index contributed by atoms with van der Waals surface area (Å²) in [5.74, 6) is -1.15. The van der Waals surface area contributed by atoms with Gasteiger partial charge in [-0.15, -0.1) is 0 Å². The molecule has 2 aliphatic rings. The number of carbonyl (C=O) groups is 4. The molecule has 0 atom stereocenters. The number of hydrogen-bond acceptors (Lipinski definition) is 9. The third-order valence-corrected chi connectivity index (χ3v) is 7.10. The topological polar surface area (TPSA) is 114 Å². The van der Waals surface area contributed by atoms with Crippen LogP contribution in [0.5, 0.6) is 0 Å². The van der Waals surface area contributed by atoms with E-state index in [0.29, 0.717) is 25.7 Å². The number of ether oxygens (including phenoxy) is 5. The molecule has 2 rings (SSSR count). The number of methoxy groups -OCH3 is 2. The van der Waals surface area contributed by atoms with Crippen molar-refractivity contribution in [2.45, 2.75) is 77.0 Å². The fourth-order valence-electron chi connectivity index (χ4n) is 5.04. The maximum atomic E-state index is 12.4. The molecule has 200 valence electrons. The highest BCUT2D eigenvalue weighted by Crippen LogP contribution is 2.28. The SMILES string of the molecule is COC(=O)[C@H]1CCC[C@H](C(=O)OCCOCCOC(=O)[C@H]2CCC[C@H](C(=O)OC)CCC2)CCC1. The summed E-state index contributed by atoms with van der Waals surface area (Å²) in [7, 11) is 2.83. The molecular weight excluding hydrogens is 456 g/mol. The van der Waals surface area contributed by atoms with E-state index in [1.807, 2.05) is 0 Å². The highest BCUT2D eigenvalue weighted by atomic mass is 16.6. The van der Waals surface area contributed by atoms with Crippen molar-refractivity contribution >= 4 is 23.9 Å². The molecule has 0 heterocycles. The fourth-order valence-corrected chi connectivity index (χ4v) is 5.04. The van der Waals surface area contributed by atoms with Crippen LogP contribution in [0.25, 0.3) is 0 Å². The van der Waals surface area contributed by atoms with Gasteiger partial charge >= 0.3 is 23.9 Å². The maximum absolute atomic E-state index is 12.4. The molecule has 0 unspecified atom stereocenters. The number of carbonyl (C=O) groups excluding carboxylic acids is 4. The zero-order chi connectivity index (χ0) is 25.5. The molecule has 0 aromatic heterocycles. The maximum Gasteiger partial charge on any atom is 0.309 e. The van der Waals surface area contributed by atoms with E-state index >= 15 is 0 Å². The summed E-state index contributed by atoms with van der Waals surface area (Å²) < 4.78 is 25.8.